The van der Waals surface area contributed by atoms with Gasteiger partial charge in [-0.1, -0.05) is 52.9 Å². The minimum Gasteiger partial charge on any atom is -0.346 e. The van der Waals surface area contributed by atoms with E-state index in [4.69, 9.17) is 0 Å². The van der Waals surface area contributed by atoms with Crippen molar-refractivity contribution in [2.24, 2.45) is 5.92 Å². The largest absolute Gasteiger partial charge is 0.346 e. The SMILES string of the molecule is CCCCC(CC)C(CCCC)[PH](=O)O. The van der Waals surface area contributed by atoms with Crippen LogP contribution < -0.4 is 0 Å². The molecule has 0 saturated carbocycles. The summed E-state index contributed by atoms with van der Waals surface area (Å²) < 4.78 is 11.4. The van der Waals surface area contributed by atoms with Crippen molar-refractivity contribution in [3.63, 3.8) is 0 Å². The molecule has 0 bridgehead atoms. The average molecular weight is 234 g/mol. The molecule has 0 aliphatic rings. The van der Waals surface area contributed by atoms with Crippen LogP contribution in [-0.4, -0.2) is 10.6 Å². The molecule has 3 atom stereocenters. The van der Waals surface area contributed by atoms with Crippen molar-refractivity contribution < 1.29 is 9.46 Å². The molecule has 92 valence electrons. The fraction of sp³-hybridized carbons (Fsp3) is 1.00. The summed E-state index contributed by atoms with van der Waals surface area (Å²) in [5.41, 5.74) is 0.0755. The zero-order chi connectivity index (χ0) is 11.7. The normalized spacial score (nSPS) is 17.3. The van der Waals surface area contributed by atoms with Crippen molar-refractivity contribution >= 4 is 8.03 Å². The molecule has 0 aliphatic heterocycles. The van der Waals surface area contributed by atoms with E-state index in [-0.39, 0.29) is 5.66 Å². The smallest absolute Gasteiger partial charge is 0.192 e. The molecular weight excluding hydrogens is 207 g/mol. The first-order chi connectivity index (χ1) is 7.17. The lowest BCUT2D eigenvalue weighted by atomic mass is 9.92. The van der Waals surface area contributed by atoms with E-state index in [2.05, 4.69) is 20.8 Å². The van der Waals surface area contributed by atoms with Gasteiger partial charge in [0.25, 0.3) is 0 Å². The van der Waals surface area contributed by atoms with Crippen LogP contribution in [0.15, 0.2) is 0 Å². The van der Waals surface area contributed by atoms with Gasteiger partial charge in [-0.15, -0.1) is 0 Å². The molecule has 0 radical (unpaired) electrons. The van der Waals surface area contributed by atoms with Crippen molar-refractivity contribution in [3.05, 3.63) is 0 Å². The molecule has 0 fully saturated rings. The molecule has 15 heavy (non-hydrogen) atoms. The Hall–Kier alpha value is 0.190. The highest BCUT2D eigenvalue weighted by Crippen LogP contribution is 2.37. The van der Waals surface area contributed by atoms with E-state index in [1.807, 2.05) is 0 Å². The molecule has 1 N–H and O–H groups in total. The maximum atomic E-state index is 11.4. The van der Waals surface area contributed by atoms with Gasteiger partial charge in [-0.25, -0.2) is 0 Å². The summed E-state index contributed by atoms with van der Waals surface area (Å²) >= 11 is 0. The lowest BCUT2D eigenvalue weighted by Gasteiger charge is -2.23. The van der Waals surface area contributed by atoms with E-state index in [0.717, 1.165) is 32.1 Å². The van der Waals surface area contributed by atoms with Gasteiger partial charge in [-0.3, -0.25) is 4.57 Å². The maximum absolute atomic E-state index is 11.4. The standard InChI is InChI=1S/C12H27O2P/c1-4-7-9-11(6-3)12(15(13)14)10-8-5-2/h11-12,15H,4-10H2,1-3H3,(H,13,14). The highest BCUT2D eigenvalue weighted by atomic mass is 31.1. The van der Waals surface area contributed by atoms with Crippen LogP contribution in [0.2, 0.25) is 0 Å². The molecule has 0 aromatic rings. The van der Waals surface area contributed by atoms with Crippen molar-refractivity contribution in [1.29, 1.82) is 0 Å². The summed E-state index contributed by atoms with van der Waals surface area (Å²) in [4.78, 5) is 9.39. The summed E-state index contributed by atoms with van der Waals surface area (Å²) in [5.74, 6) is 0.466. The second-order valence-electron chi connectivity index (χ2n) is 4.40. The van der Waals surface area contributed by atoms with Crippen LogP contribution in [0.4, 0.5) is 0 Å². The van der Waals surface area contributed by atoms with E-state index in [1.54, 1.807) is 0 Å². The van der Waals surface area contributed by atoms with Gasteiger partial charge < -0.3 is 4.89 Å². The molecule has 3 unspecified atom stereocenters. The molecule has 0 aliphatic carbocycles. The van der Waals surface area contributed by atoms with Gasteiger partial charge in [-0.05, 0) is 18.8 Å². The molecule has 0 aromatic heterocycles. The third kappa shape index (κ3) is 6.37. The highest BCUT2D eigenvalue weighted by Gasteiger charge is 2.23. The molecule has 2 nitrogen and oxygen atoms in total. The minimum absolute atomic E-state index is 0.0755. The molecule has 0 rings (SSSR count). The Morgan fingerprint density at radius 1 is 1.07 bits per heavy atom. The van der Waals surface area contributed by atoms with Crippen molar-refractivity contribution in [2.45, 2.75) is 71.4 Å². The quantitative estimate of drug-likeness (QED) is 0.606. The van der Waals surface area contributed by atoms with E-state index in [9.17, 15) is 9.46 Å². The Kier molecular flexibility index (Phi) is 9.54. The van der Waals surface area contributed by atoms with Crippen LogP contribution in [0, 0.1) is 5.92 Å². The van der Waals surface area contributed by atoms with E-state index >= 15 is 0 Å². The van der Waals surface area contributed by atoms with Crippen LogP contribution in [0.1, 0.15) is 65.7 Å². The Bertz CT molecular complexity index is 171. The van der Waals surface area contributed by atoms with Crippen molar-refractivity contribution in [1.82, 2.24) is 0 Å². The number of rotatable bonds is 9. The topological polar surface area (TPSA) is 37.3 Å². The second-order valence-corrected chi connectivity index (χ2v) is 5.82. The molecule has 0 spiro atoms. The fourth-order valence-electron chi connectivity index (χ4n) is 2.14. The number of hydrogen-bond donors (Lipinski definition) is 1. The molecule has 3 heteroatoms. The van der Waals surface area contributed by atoms with E-state index in [1.165, 1.54) is 12.8 Å². The van der Waals surface area contributed by atoms with Gasteiger partial charge in [-0.2, -0.15) is 0 Å². The van der Waals surface area contributed by atoms with Crippen LogP contribution in [0.5, 0.6) is 0 Å². The summed E-state index contributed by atoms with van der Waals surface area (Å²) in [6.07, 6.45) is 7.69. The lowest BCUT2D eigenvalue weighted by molar-refractivity contribution is 0.379. The first-order valence-corrected chi connectivity index (χ1v) is 7.83. The Morgan fingerprint density at radius 2 is 1.60 bits per heavy atom. The van der Waals surface area contributed by atoms with Gasteiger partial charge in [0, 0.05) is 5.66 Å². The maximum Gasteiger partial charge on any atom is 0.192 e. The monoisotopic (exact) mass is 234 g/mol. The summed E-state index contributed by atoms with van der Waals surface area (Å²) in [6, 6.07) is 0. The predicted molar refractivity (Wildman–Crippen MR) is 67.8 cm³/mol. The lowest BCUT2D eigenvalue weighted by Crippen LogP contribution is -2.16. The van der Waals surface area contributed by atoms with Crippen LogP contribution in [-0.2, 0) is 4.57 Å². The molecule has 0 amide bonds. The van der Waals surface area contributed by atoms with Gasteiger partial charge in [0.2, 0.25) is 0 Å². The zero-order valence-corrected chi connectivity index (χ0v) is 11.5. The minimum atomic E-state index is -2.34. The first-order valence-electron chi connectivity index (χ1n) is 6.40. The molecule has 0 saturated heterocycles. The predicted octanol–water partition coefficient (Wildman–Crippen LogP) is 4.23. The molecular formula is C12H27O2P. The third-order valence-corrected chi connectivity index (χ3v) is 4.60. The van der Waals surface area contributed by atoms with Gasteiger partial charge >= 0.3 is 0 Å². The van der Waals surface area contributed by atoms with E-state index < -0.39 is 8.03 Å². The average Bonchev–Trinajstić information content (AvgIpc) is 2.22. The van der Waals surface area contributed by atoms with Gasteiger partial charge in [0.1, 0.15) is 0 Å². The fourth-order valence-corrected chi connectivity index (χ4v) is 3.40. The van der Waals surface area contributed by atoms with Crippen LogP contribution >= 0.6 is 8.03 Å². The van der Waals surface area contributed by atoms with E-state index in [0.29, 0.717) is 5.92 Å². The van der Waals surface area contributed by atoms with Gasteiger partial charge in [0.05, 0.1) is 0 Å². The number of unbranched alkanes of at least 4 members (excludes halogenated alkanes) is 2. The Labute approximate surface area is 95.3 Å². The highest BCUT2D eigenvalue weighted by molar-refractivity contribution is 7.38. The number of hydrogen-bond acceptors (Lipinski definition) is 1. The molecule has 0 heterocycles. The van der Waals surface area contributed by atoms with Crippen LogP contribution in [0.25, 0.3) is 0 Å². The second kappa shape index (κ2) is 9.42. The Morgan fingerprint density at radius 3 is 2.00 bits per heavy atom. The Balaban J connectivity index is 4.20. The van der Waals surface area contributed by atoms with Gasteiger partial charge in [0.15, 0.2) is 8.03 Å². The van der Waals surface area contributed by atoms with Crippen LogP contribution in [0.3, 0.4) is 0 Å². The van der Waals surface area contributed by atoms with Crippen molar-refractivity contribution in [2.75, 3.05) is 0 Å². The third-order valence-electron chi connectivity index (χ3n) is 3.21. The summed E-state index contributed by atoms with van der Waals surface area (Å²) in [7, 11) is -2.34. The zero-order valence-electron chi connectivity index (χ0n) is 10.5. The molecule has 0 aromatic carbocycles. The summed E-state index contributed by atoms with van der Waals surface area (Å²) in [5, 5.41) is 0. The summed E-state index contributed by atoms with van der Waals surface area (Å²) in [6.45, 7) is 6.46. The first kappa shape index (κ1) is 15.2. The van der Waals surface area contributed by atoms with Crippen molar-refractivity contribution in [3.8, 4) is 0 Å².